The Labute approximate surface area is 79.0 Å². The van der Waals surface area contributed by atoms with Gasteiger partial charge in [0.1, 0.15) is 0 Å². The number of hydrogen-bond donors (Lipinski definition) is 0. The van der Waals surface area contributed by atoms with Crippen LogP contribution in [0.1, 0.15) is 5.56 Å². The van der Waals surface area contributed by atoms with Crippen LogP contribution < -0.4 is 0 Å². The fraction of sp³-hybridized carbons (Fsp3) is 0.125. The molecule has 0 unspecified atom stereocenters. The Morgan fingerprint density at radius 3 is 3.17 bits per heavy atom. The Kier molecular flexibility index (Phi) is 3.80. The predicted molar refractivity (Wildman–Crippen MR) is 53.3 cm³/mol. The summed E-state index contributed by atoms with van der Waals surface area (Å²) in [5.74, 6) is 0. The molecule has 0 aliphatic rings. The first-order valence-electron chi connectivity index (χ1n) is 3.22. The van der Waals surface area contributed by atoms with E-state index < -0.39 is 0 Å². The van der Waals surface area contributed by atoms with Gasteiger partial charge in [-0.1, -0.05) is 0 Å². The first kappa shape index (κ1) is 9.26. The highest BCUT2D eigenvalue weighted by Gasteiger charge is 1.96. The highest BCUT2D eigenvalue weighted by Crippen LogP contribution is 2.25. The summed E-state index contributed by atoms with van der Waals surface area (Å²) < 4.78 is 0. The minimum absolute atomic E-state index is 1.10. The van der Waals surface area contributed by atoms with E-state index >= 15 is 0 Å². The maximum absolute atomic E-state index is 9.74. The van der Waals surface area contributed by atoms with Crippen LogP contribution in [0, 0.1) is 0 Å². The Hall–Kier alpha value is -0.830. The molecule has 0 fully saturated rings. The van der Waals surface area contributed by atoms with Crippen molar-refractivity contribution in [3.05, 3.63) is 22.5 Å². The third-order valence-corrected chi connectivity index (χ3v) is 2.96. The zero-order valence-corrected chi connectivity index (χ0v) is 8.11. The number of aliphatic imine (C=N–C) groups is 1. The first-order valence-corrected chi connectivity index (χ1v) is 5.39. The van der Waals surface area contributed by atoms with E-state index in [2.05, 4.69) is 10.4 Å². The van der Waals surface area contributed by atoms with Crippen LogP contribution in [0.2, 0.25) is 0 Å². The molecule has 0 bridgehead atoms. The van der Waals surface area contributed by atoms with Gasteiger partial charge in [-0.3, -0.25) is 0 Å². The molecule has 1 rings (SSSR count). The Morgan fingerprint density at radius 1 is 1.67 bits per heavy atom. The van der Waals surface area contributed by atoms with Crippen molar-refractivity contribution in [1.82, 2.24) is 0 Å². The number of rotatable bonds is 3. The Morgan fingerprint density at radius 2 is 2.50 bits per heavy atom. The minimum atomic E-state index is 1.10. The molecule has 12 heavy (non-hydrogen) atoms. The monoisotopic (exact) mass is 197 g/mol. The summed E-state index contributed by atoms with van der Waals surface area (Å²) in [6.07, 6.45) is 6.72. The van der Waals surface area contributed by atoms with Crippen molar-refractivity contribution < 1.29 is 4.79 Å². The lowest BCUT2D eigenvalue weighted by Crippen LogP contribution is -1.67. The van der Waals surface area contributed by atoms with Crippen LogP contribution >= 0.6 is 23.1 Å². The summed E-state index contributed by atoms with van der Waals surface area (Å²) in [5.41, 5.74) is 1.10. The standard InChI is InChI=1S/C8H7NOS2/c1-11-8-5-12-4-7(8)2-3-9-6-10/h2-5H,1H3. The number of carbonyl (C=O) groups excluding carboxylic acids is 1. The smallest absolute Gasteiger partial charge is 0.211 e. The van der Waals surface area contributed by atoms with Crippen molar-refractivity contribution in [2.45, 2.75) is 4.90 Å². The molecule has 2 nitrogen and oxygen atoms in total. The molecule has 0 radical (unpaired) electrons. The van der Waals surface area contributed by atoms with Crippen LogP contribution in [0.25, 0.3) is 6.08 Å². The van der Waals surface area contributed by atoms with Gasteiger partial charge in [0, 0.05) is 22.0 Å². The molecule has 1 aromatic heterocycles. The van der Waals surface area contributed by atoms with E-state index in [1.54, 1.807) is 29.2 Å². The van der Waals surface area contributed by atoms with Gasteiger partial charge in [-0.25, -0.2) is 4.79 Å². The summed E-state index contributed by atoms with van der Waals surface area (Å²) in [6, 6.07) is 0. The molecule has 1 heterocycles. The molecule has 0 saturated carbocycles. The topological polar surface area (TPSA) is 29.4 Å². The van der Waals surface area contributed by atoms with Crippen molar-refractivity contribution in [2.24, 2.45) is 4.99 Å². The first-order chi connectivity index (χ1) is 5.88. The normalized spacial score (nSPS) is 10.1. The van der Waals surface area contributed by atoms with E-state index in [0.29, 0.717) is 0 Å². The molecule has 4 heteroatoms. The van der Waals surface area contributed by atoms with Crippen LogP contribution in [-0.2, 0) is 4.79 Å². The van der Waals surface area contributed by atoms with E-state index in [1.807, 2.05) is 11.6 Å². The van der Waals surface area contributed by atoms with E-state index in [4.69, 9.17) is 0 Å². The highest BCUT2D eigenvalue weighted by molar-refractivity contribution is 7.98. The Balaban J connectivity index is 2.80. The summed E-state index contributed by atoms with van der Waals surface area (Å²) in [4.78, 5) is 14.3. The number of nitrogens with zero attached hydrogens (tertiary/aromatic N) is 1. The second-order valence-electron chi connectivity index (χ2n) is 1.93. The van der Waals surface area contributed by atoms with Gasteiger partial charge in [0.15, 0.2) is 0 Å². The zero-order valence-electron chi connectivity index (χ0n) is 6.48. The lowest BCUT2D eigenvalue weighted by Gasteiger charge is -1.90. The van der Waals surface area contributed by atoms with Crippen molar-refractivity contribution in [3.8, 4) is 0 Å². The number of thioether (sulfide) groups is 1. The molecule has 62 valence electrons. The minimum Gasteiger partial charge on any atom is -0.211 e. The van der Waals surface area contributed by atoms with E-state index in [9.17, 15) is 4.79 Å². The van der Waals surface area contributed by atoms with Crippen LogP contribution in [-0.4, -0.2) is 12.3 Å². The molecule has 0 aromatic carbocycles. The van der Waals surface area contributed by atoms with Crippen molar-refractivity contribution in [3.63, 3.8) is 0 Å². The maximum atomic E-state index is 9.74. The zero-order chi connectivity index (χ0) is 8.81. The quantitative estimate of drug-likeness (QED) is 0.423. The summed E-state index contributed by atoms with van der Waals surface area (Å²) in [6.45, 7) is 0. The molecular formula is C8H7NOS2. The van der Waals surface area contributed by atoms with Crippen LogP contribution in [0.5, 0.6) is 0 Å². The lowest BCUT2D eigenvalue weighted by molar-refractivity contribution is 0.565. The maximum Gasteiger partial charge on any atom is 0.239 e. The fourth-order valence-corrected chi connectivity index (χ4v) is 2.40. The van der Waals surface area contributed by atoms with Crippen LogP contribution in [0.4, 0.5) is 0 Å². The average Bonchev–Trinajstić information content (AvgIpc) is 2.52. The highest BCUT2D eigenvalue weighted by atomic mass is 32.2. The molecular weight excluding hydrogens is 190 g/mol. The Bertz CT molecular complexity index is 324. The molecule has 0 saturated heterocycles. The number of thiophene rings is 1. The van der Waals surface area contributed by atoms with E-state index in [0.717, 1.165) is 5.56 Å². The lowest BCUT2D eigenvalue weighted by atomic mass is 10.3. The molecule has 0 spiro atoms. The summed E-state index contributed by atoms with van der Waals surface area (Å²) in [5, 5.41) is 4.08. The fourth-order valence-electron chi connectivity index (χ4n) is 0.731. The SMILES string of the molecule is CSc1cscc1C=CN=C=O. The average molecular weight is 197 g/mol. The van der Waals surface area contributed by atoms with Gasteiger partial charge in [0.2, 0.25) is 6.08 Å². The van der Waals surface area contributed by atoms with Gasteiger partial charge in [-0.05, 0) is 17.7 Å². The van der Waals surface area contributed by atoms with Gasteiger partial charge in [-0.15, -0.1) is 11.8 Å². The van der Waals surface area contributed by atoms with Gasteiger partial charge in [0.25, 0.3) is 0 Å². The van der Waals surface area contributed by atoms with Crippen molar-refractivity contribution in [2.75, 3.05) is 6.26 Å². The number of isocyanates is 1. The predicted octanol–water partition coefficient (Wildman–Crippen LogP) is 2.78. The van der Waals surface area contributed by atoms with Crippen molar-refractivity contribution in [1.29, 1.82) is 0 Å². The van der Waals surface area contributed by atoms with E-state index in [1.165, 1.54) is 17.2 Å². The van der Waals surface area contributed by atoms with Gasteiger partial charge < -0.3 is 0 Å². The molecule has 0 N–H and O–H groups in total. The van der Waals surface area contributed by atoms with Crippen molar-refractivity contribution >= 4 is 35.3 Å². The molecule has 0 aliphatic carbocycles. The summed E-state index contributed by atoms with van der Waals surface area (Å²) >= 11 is 3.32. The van der Waals surface area contributed by atoms with Crippen LogP contribution in [0.15, 0.2) is 26.8 Å². The summed E-state index contributed by atoms with van der Waals surface area (Å²) in [7, 11) is 0. The molecule has 0 aliphatic heterocycles. The molecule has 1 aromatic rings. The second kappa shape index (κ2) is 4.93. The largest absolute Gasteiger partial charge is 0.239 e. The van der Waals surface area contributed by atoms with Gasteiger partial charge in [0.05, 0.1) is 0 Å². The second-order valence-corrected chi connectivity index (χ2v) is 3.52. The van der Waals surface area contributed by atoms with Gasteiger partial charge in [-0.2, -0.15) is 16.3 Å². The molecule has 0 amide bonds. The van der Waals surface area contributed by atoms with Crippen LogP contribution in [0.3, 0.4) is 0 Å². The van der Waals surface area contributed by atoms with E-state index in [-0.39, 0.29) is 0 Å². The number of hydrogen-bond acceptors (Lipinski definition) is 4. The third kappa shape index (κ3) is 2.34. The molecule has 0 atom stereocenters. The third-order valence-electron chi connectivity index (χ3n) is 1.26. The van der Waals surface area contributed by atoms with Gasteiger partial charge >= 0.3 is 0 Å².